The number of carbonyl (C=O) groups excluding carboxylic acids is 1. The molecule has 0 bridgehead atoms. The van der Waals surface area contributed by atoms with Crippen molar-refractivity contribution in [2.24, 2.45) is 0 Å². The van der Waals surface area contributed by atoms with Gasteiger partial charge in [0.25, 0.3) is 0 Å². The fraction of sp³-hybridized carbons (Fsp3) is 0.533. The molecule has 2 rings (SSSR count). The van der Waals surface area contributed by atoms with Gasteiger partial charge in [-0.15, -0.1) is 22.7 Å². The van der Waals surface area contributed by atoms with Gasteiger partial charge in [0.2, 0.25) is 0 Å². The van der Waals surface area contributed by atoms with Crippen molar-refractivity contribution in [1.29, 1.82) is 0 Å². The maximum Gasteiger partial charge on any atom is 0.318 e. The molecular formula is C15H22N4OS2. The van der Waals surface area contributed by atoms with Crippen LogP contribution in [0.4, 0.5) is 4.79 Å². The van der Waals surface area contributed by atoms with E-state index in [4.69, 9.17) is 0 Å². The average molecular weight is 339 g/mol. The van der Waals surface area contributed by atoms with E-state index in [1.165, 1.54) is 0 Å². The Balaban J connectivity index is 2.04. The Morgan fingerprint density at radius 3 is 2.45 bits per heavy atom. The lowest BCUT2D eigenvalue weighted by Crippen LogP contribution is -2.39. The van der Waals surface area contributed by atoms with Crippen molar-refractivity contribution in [2.75, 3.05) is 7.05 Å². The Labute approximate surface area is 139 Å². The number of thiazole rings is 2. The van der Waals surface area contributed by atoms with Crippen LogP contribution in [0.3, 0.4) is 0 Å². The molecule has 0 aliphatic heterocycles. The quantitative estimate of drug-likeness (QED) is 0.917. The van der Waals surface area contributed by atoms with E-state index in [0.29, 0.717) is 0 Å². The molecule has 120 valence electrons. The predicted octanol–water partition coefficient (Wildman–Crippen LogP) is 3.99. The zero-order chi connectivity index (χ0) is 16.4. The Bertz CT molecular complexity index is 664. The van der Waals surface area contributed by atoms with Crippen LogP contribution >= 0.6 is 22.7 Å². The number of aromatic nitrogens is 2. The second-order valence-electron chi connectivity index (χ2n) is 5.47. The summed E-state index contributed by atoms with van der Waals surface area (Å²) < 4.78 is 0. The molecule has 5 nitrogen and oxygen atoms in total. The minimum atomic E-state index is -0.0988. The number of urea groups is 1. The van der Waals surface area contributed by atoms with Gasteiger partial charge in [-0.25, -0.2) is 14.8 Å². The summed E-state index contributed by atoms with van der Waals surface area (Å²) in [6, 6.07) is -0.195. The highest BCUT2D eigenvalue weighted by atomic mass is 32.1. The molecule has 2 aromatic rings. The summed E-state index contributed by atoms with van der Waals surface area (Å²) in [4.78, 5) is 24.2. The van der Waals surface area contributed by atoms with Gasteiger partial charge in [-0.3, -0.25) is 0 Å². The smallest absolute Gasteiger partial charge is 0.318 e. The first-order valence-corrected chi connectivity index (χ1v) is 8.88. The average Bonchev–Trinajstić information content (AvgIpc) is 3.02. The maximum absolute atomic E-state index is 12.4. The lowest BCUT2D eigenvalue weighted by molar-refractivity contribution is 0.191. The third-order valence-corrected chi connectivity index (χ3v) is 5.96. The lowest BCUT2D eigenvalue weighted by Gasteiger charge is -2.26. The zero-order valence-electron chi connectivity index (χ0n) is 13.8. The van der Waals surface area contributed by atoms with E-state index in [0.717, 1.165) is 26.3 Å². The van der Waals surface area contributed by atoms with E-state index in [-0.39, 0.29) is 18.1 Å². The van der Waals surface area contributed by atoms with Crippen LogP contribution < -0.4 is 5.32 Å². The van der Waals surface area contributed by atoms with Crippen molar-refractivity contribution >= 4 is 28.7 Å². The van der Waals surface area contributed by atoms with E-state index in [1.807, 2.05) is 47.0 Å². The molecule has 2 amide bonds. The summed E-state index contributed by atoms with van der Waals surface area (Å²) in [5.74, 6) is 0. The standard InChI is InChI=1S/C15H22N4OS2/c1-8-7-21-14(16-8)10(3)18-15(20)19(6)11(4)13-9(2)17-12(5)22-13/h7,10-11H,1-6H3,(H,18,20)/t10-,11-/m0/s1. The van der Waals surface area contributed by atoms with Gasteiger partial charge < -0.3 is 10.2 Å². The number of carbonyl (C=O) groups is 1. The van der Waals surface area contributed by atoms with Gasteiger partial charge in [-0.2, -0.15) is 0 Å². The van der Waals surface area contributed by atoms with E-state index < -0.39 is 0 Å². The summed E-state index contributed by atoms with van der Waals surface area (Å²) in [7, 11) is 1.81. The minimum absolute atomic E-state index is 0.00330. The van der Waals surface area contributed by atoms with Crippen LogP contribution in [0.25, 0.3) is 0 Å². The third kappa shape index (κ3) is 3.64. The summed E-state index contributed by atoms with van der Waals surface area (Å²) in [6.07, 6.45) is 0. The number of nitrogens with one attached hydrogen (secondary N) is 1. The van der Waals surface area contributed by atoms with Crippen molar-refractivity contribution in [3.8, 4) is 0 Å². The van der Waals surface area contributed by atoms with Gasteiger partial charge in [-0.05, 0) is 34.6 Å². The van der Waals surface area contributed by atoms with Gasteiger partial charge in [0.05, 0.1) is 22.8 Å². The molecule has 2 heterocycles. The summed E-state index contributed by atoms with van der Waals surface area (Å²) >= 11 is 3.21. The van der Waals surface area contributed by atoms with Crippen LogP contribution in [-0.4, -0.2) is 27.9 Å². The normalized spacial score (nSPS) is 13.7. The highest BCUT2D eigenvalue weighted by Crippen LogP contribution is 2.28. The second-order valence-corrected chi connectivity index (χ2v) is 7.59. The van der Waals surface area contributed by atoms with Crippen LogP contribution in [0.5, 0.6) is 0 Å². The molecule has 0 fully saturated rings. The zero-order valence-corrected chi connectivity index (χ0v) is 15.4. The van der Waals surface area contributed by atoms with E-state index in [1.54, 1.807) is 27.6 Å². The highest BCUT2D eigenvalue weighted by Gasteiger charge is 2.23. The molecule has 0 spiro atoms. The van der Waals surface area contributed by atoms with Crippen molar-refractivity contribution in [2.45, 2.75) is 46.7 Å². The number of hydrogen-bond acceptors (Lipinski definition) is 5. The summed E-state index contributed by atoms with van der Waals surface area (Å²) in [5, 5.41) is 6.95. The molecule has 0 unspecified atom stereocenters. The Morgan fingerprint density at radius 2 is 1.95 bits per heavy atom. The predicted molar refractivity (Wildman–Crippen MR) is 91.6 cm³/mol. The van der Waals surface area contributed by atoms with Crippen LogP contribution in [-0.2, 0) is 0 Å². The topological polar surface area (TPSA) is 58.1 Å². The van der Waals surface area contributed by atoms with Gasteiger partial charge in [0, 0.05) is 23.0 Å². The van der Waals surface area contributed by atoms with Crippen LogP contribution in [0.15, 0.2) is 5.38 Å². The van der Waals surface area contributed by atoms with Crippen LogP contribution in [0, 0.1) is 20.8 Å². The van der Waals surface area contributed by atoms with Crippen molar-refractivity contribution < 1.29 is 4.79 Å². The molecule has 1 N–H and O–H groups in total. The molecule has 0 aliphatic rings. The third-order valence-electron chi connectivity index (χ3n) is 3.57. The maximum atomic E-state index is 12.4. The van der Waals surface area contributed by atoms with Crippen molar-refractivity contribution in [3.63, 3.8) is 0 Å². The molecule has 7 heteroatoms. The Kier molecular flexibility index (Phi) is 5.18. The number of nitrogens with zero attached hydrogens (tertiary/aromatic N) is 3. The SMILES string of the molecule is Cc1csc([C@H](C)NC(=O)N(C)[C@@H](C)c2sc(C)nc2C)n1. The fourth-order valence-electron chi connectivity index (χ4n) is 2.21. The molecule has 0 radical (unpaired) electrons. The van der Waals surface area contributed by atoms with Gasteiger partial charge in [-0.1, -0.05) is 0 Å². The molecule has 2 aromatic heterocycles. The molecule has 0 saturated heterocycles. The number of rotatable bonds is 4. The number of aryl methyl sites for hydroxylation is 3. The molecule has 2 atom stereocenters. The molecule has 0 aromatic carbocycles. The molecule has 0 saturated carbocycles. The van der Waals surface area contributed by atoms with Gasteiger partial charge in [0.15, 0.2) is 0 Å². The van der Waals surface area contributed by atoms with Gasteiger partial charge in [0.1, 0.15) is 5.01 Å². The Morgan fingerprint density at radius 1 is 1.27 bits per heavy atom. The second kappa shape index (κ2) is 6.75. The highest BCUT2D eigenvalue weighted by molar-refractivity contribution is 7.11. The Hall–Kier alpha value is -1.47. The minimum Gasteiger partial charge on any atom is -0.329 e. The van der Waals surface area contributed by atoms with Crippen molar-refractivity contribution in [3.05, 3.63) is 31.7 Å². The summed E-state index contributed by atoms with van der Waals surface area (Å²) in [6.45, 7) is 9.91. The monoisotopic (exact) mass is 338 g/mol. The number of hydrogen-bond donors (Lipinski definition) is 1. The van der Waals surface area contributed by atoms with Crippen LogP contribution in [0.2, 0.25) is 0 Å². The van der Waals surface area contributed by atoms with Gasteiger partial charge >= 0.3 is 6.03 Å². The van der Waals surface area contributed by atoms with E-state index in [9.17, 15) is 4.79 Å². The molecule has 22 heavy (non-hydrogen) atoms. The van der Waals surface area contributed by atoms with Crippen LogP contribution in [0.1, 0.15) is 52.2 Å². The largest absolute Gasteiger partial charge is 0.329 e. The molecular weight excluding hydrogens is 316 g/mol. The lowest BCUT2D eigenvalue weighted by atomic mass is 10.2. The van der Waals surface area contributed by atoms with E-state index >= 15 is 0 Å². The first kappa shape index (κ1) is 16.9. The first-order valence-electron chi connectivity index (χ1n) is 7.19. The van der Waals surface area contributed by atoms with Crippen molar-refractivity contribution in [1.82, 2.24) is 20.2 Å². The van der Waals surface area contributed by atoms with E-state index in [2.05, 4.69) is 15.3 Å². The fourth-order valence-corrected chi connectivity index (χ4v) is 4.03. The first-order chi connectivity index (χ1) is 10.3. The summed E-state index contributed by atoms with van der Waals surface area (Å²) in [5.41, 5.74) is 1.98. The molecule has 0 aliphatic carbocycles. The number of amides is 2.